The number of aliphatic hydroxyl groups excluding tert-OH is 1. The summed E-state index contributed by atoms with van der Waals surface area (Å²) in [6, 6.07) is 32.7. The van der Waals surface area contributed by atoms with Crippen LogP contribution in [0.5, 0.6) is 0 Å². The highest BCUT2D eigenvalue weighted by Gasteiger charge is 2.43. The van der Waals surface area contributed by atoms with Gasteiger partial charge in [0.15, 0.2) is 0 Å². The third kappa shape index (κ3) is 6.25. The zero-order valence-corrected chi connectivity index (χ0v) is 21.7. The normalized spacial score (nSPS) is 14.3. The molecule has 0 unspecified atom stereocenters. The molecule has 4 rings (SSSR count). The molecule has 0 spiro atoms. The predicted octanol–water partition coefficient (Wildman–Crippen LogP) is 6.86. The van der Waals surface area contributed by atoms with Crippen molar-refractivity contribution in [1.29, 1.82) is 0 Å². The molecule has 1 N–H and O–H groups in total. The van der Waals surface area contributed by atoms with Crippen molar-refractivity contribution in [2.75, 3.05) is 0 Å². The quantitative estimate of drug-likeness (QED) is 0.203. The predicted molar refractivity (Wildman–Crippen MR) is 146 cm³/mol. The fourth-order valence-corrected chi connectivity index (χ4v) is 8.09. The molecule has 0 amide bonds. The average Bonchev–Trinajstić information content (AvgIpc) is 3.49. The Morgan fingerprint density at radius 3 is 1.94 bits per heavy atom. The molecule has 0 radical (unpaired) electrons. The van der Waals surface area contributed by atoms with Crippen molar-refractivity contribution in [3.8, 4) is 0 Å². The van der Waals surface area contributed by atoms with E-state index in [1.165, 1.54) is 0 Å². The van der Waals surface area contributed by atoms with Crippen molar-refractivity contribution < 1.29 is 18.8 Å². The van der Waals surface area contributed by atoms with Crippen LogP contribution in [0.4, 0.5) is 0 Å². The van der Waals surface area contributed by atoms with Crippen LogP contribution in [0.15, 0.2) is 114 Å². The lowest BCUT2D eigenvalue weighted by molar-refractivity contribution is 0.0167. The number of benzene rings is 3. The van der Waals surface area contributed by atoms with Gasteiger partial charge in [-0.1, -0.05) is 111 Å². The van der Waals surface area contributed by atoms with Crippen LogP contribution in [-0.2, 0) is 15.9 Å². The topological polar surface area (TPSA) is 59.7 Å². The van der Waals surface area contributed by atoms with Gasteiger partial charge >= 0.3 is 0 Å². The van der Waals surface area contributed by atoms with Gasteiger partial charge < -0.3 is 18.8 Å². The van der Waals surface area contributed by atoms with Crippen LogP contribution in [-0.4, -0.2) is 16.9 Å². The number of unbranched alkanes of at least 4 members (excludes halogenated alkanes) is 1. The molecule has 0 aliphatic rings. The summed E-state index contributed by atoms with van der Waals surface area (Å²) in [7, 11) is -3.30. The minimum atomic E-state index is -3.30. The molecule has 0 aliphatic heterocycles. The summed E-state index contributed by atoms with van der Waals surface area (Å²) in [6.45, 7) is 2.63. The van der Waals surface area contributed by atoms with Crippen LogP contribution in [0.25, 0.3) is 0 Å². The Hall–Kier alpha value is -2.91. The van der Waals surface area contributed by atoms with Gasteiger partial charge in [0.25, 0.3) is 0 Å². The lowest BCUT2D eigenvalue weighted by atomic mass is 10.0. The van der Waals surface area contributed by atoms with Crippen LogP contribution >= 0.6 is 7.14 Å². The molecule has 0 fully saturated rings. The molecule has 4 nitrogen and oxygen atoms in total. The maximum atomic E-state index is 15.3. The van der Waals surface area contributed by atoms with Gasteiger partial charge in [0, 0.05) is 10.6 Å². The number of aliphatic hydroxyl groups is 1. The summed E-state index contributed by atoms with van der Waals surface area (Å²) >= 11 is 0. The van der Waals surface area contributed by atoms with E-state index in [-0.39, 0.29) is 6.10 Å². The fourth-order valence-electron chi connectivity index (χ4n) is 4.71. The van der Waals surface area contributed by atoms with Gasteiger partial charge in [0.2, 0.25) is 0 Å². The van der Waals surface area contributed by atoms with Crippen LogP contribution in [0.2, 0.25) is 0 Å². The molecular weight excluding hydrogens is 467 g/mol. The Balaban J connectivity index is 1.75. The first-order valence-corrected chi connectivity index (χ1v) is 14.5. The van der Waals surface area contributed by atoms with Crippen LogP contribution in [0.3, 0.4) is 0 Å². The third-order valence-corrected chi connectivity index (χ3v) is 10.2. The maximum absolute atomic E-state index is 15.3. The maximum Gasteiger partial charge on any atom is 0.149 e. The molecule has 1 aromatic heterocycles. The van der Waals surface area contributed by atoms with Crippen molar-refractivity contribution in [1.82, 2.24) is 0 Å². The van der Waals surface area contributed by atoms with Crippen molar-refractivity contribution in [3.05, 3.63) is 121 Å². The summed E-state index contributed by atoms with van der Waals surface area (Å²) in [5, 5.41) is 13.1. The zero-order chi connectivity index (χ0) is 25.2. The highest BCUT2D eigenvalue weighted by molar-refractivity contribution is 7.79. The van der Waals surface area contributed by atoms with E-state index in [2.05, 4.69) is 6.92 Å². The minimum Gasteiger partial charge on any atom is -0.467 e. The SMILES string of the molecule is CCCC[C@H](C[C@H]([C@@H](O)c1ccco1)P(=O)(c1ccccc1)c1ccccc1)OCc1ccccc1. The number of ether oxygens (including phenoxy) is 1. The Morgan fingerprint density at radius 2 is 1.42 bits per heavy atom. The number of rotatable bonds is 13. The van der Waals surface area contributed by atoms with E-state index >= 15 is 4.57 Å². The first kappa shape index (κ1) is 26.2. The van der Waals surface area contributed by atoms with E-state index in [1.54, 1.807) is 18.4 Å². The molecule has 0 saturated carbocycles. The van der Waals surface area contributed by atoms with E-state index in [0.29, 0.717) is 18.8 Å². The van der Waals surface area contributed by atoms with E-state index < -0.39 is 18.9 Å². The summed E-state index contributed by atoms with van der Waals surface area (Å²) in [5.41, 5.74) is 0.475. The van der Waals surface area contributed by atoms with Gasteiger partial charge in [-0.2, -0.15) is 0 Å². The average molecular weight is 503 g/mol. The Labute approximate surface area is 214 Å². The molecule has 0 saturated heterocycles. The van der Waals surface area contributed by atoms with Gasteiger partial charge in [0.1, 0.15) is 19.0 Å². The molecule has 3 atom stereocenters. The molecular formula is C31H35O4P. The zero-order valence-electron chi connectivity index (χ0n) is 20.8. The van der Waals surface area contributed by atoms with Gasteiger partial charge in [0.05, 0.1) is 24.6 Å². The fraction of sp³-hybridized carbons (Fsp3) is 0.290. The molecule has 5 heteroatoms. The highest BCUT2D eigenvalue weighted by atomic mass is 31.2. The lowest BCUT2D eigenvalue weighted by Crippen LogP contribution is -2.34. The molecule has 0 aliphatic carbocycles. The summed E-state index contributed by atoms with van der Waals surface area (Å²) in [5.74, 6) is 0.421. The van der Waals surface area contributed by atoms with Crippen LogP contribution < -0.4 is 10.6 Å². The standard InChI is InChI=1S/C31H35O4P/c1-2-3-16-26(35-24-25-14-7-4-8-15-25)23-30(31(32)29-21-13-22-34-29)36(33,27-17-9-5-10-18-27)28-19-11-6-12-20-28/h4-15,17-22,26,30-32H,2-3,16,23-24H2,1H3/t26-,30-,31+/m1/s1. The first-order valence-electron chi connectivity index (χ1n) is 12.7. The second kappa shape index (κ2) is 12.9. The minimum absolute atomic E-state index is 0.166. The number of hydrogen-bond acceptors (Lipinski definition) is 4. The van der Waals surface area contributed by atoms with Crippen molar-refractivity contribution in [2.24, 2.45) is 0 Å². The van der Waals surface area contributed by atoms with E-state index in [4.69, 9.17) is 9.15 Å². The van der Waals surface area contributed by atoms with Gasteiger partial charge in [-0.3, -0.25) is 0 Å². The van der Waals surface area contributed by atoms with Crippen LogP contribution in [0.1, 0.15) is 50.0 Å². The van der Waals surface area contributed by atoms with Gasteiger partial charge in [-0.25, -0.2) is 0 Å². The summed E-state index contributed by atoms with van der Waals surface area (Å²) in [6.07, 6.45) is 3.63. The summed E-state index contributed by atoms with van der Waals surface area (Å²) < 4.78 is 27.3. The van der Waals surface area contributed by atoms with E-state index in [9.17, 15) is 5.11 Å². The third-order valence-electron chi connectivity index (χ3n) is 6.66. The molecule has 36 heavy (non-hydrogen) atoms. The van der Waals surface area contributed by atoms with Gasteiger partial charge in [-0.05, 0) is 30.5 Å². The van der Waals surface area contributed by atoms with Crippen molar-refractivity contribution in [3.63, 3.8) is 0 Å². The first-order chi connectivity index (χ1) is 17.6. The Bertz CT molecular complexity index is 1150. The molecule has 3 aromatic carbocycles. The molecule has 0 bridgehead atoms. The lowest BCUT2D eigenvalue weighted by Gasteiger charge is -2.34. The van der Waals surface area contributed by atoms with Crippen molar-refractivity contribution >= 4 is 17.8 Å². The molecule has 188 valence electrons. The number of furan rings is 1. The molecule has 1 heterocycles. The summed E-state index contributed by atoms with van der Waals surface area (Å²) in [4.78, 5) is 0. The molecule has 4 aromatic rings. The highest BCUT2D eigenvalue weighted by Crippen LogP contribution is 2.55. The Kier molecular flexibility index (Phi) is 9.35. The van der Waals surface area contributed by atoms with Crippen molar-refractivity contribution in [2.45, 2.75) is 57.1 Å². The number of hydrogen-bond donors (Lipinski definition) is 1. The van der Waals surface area contributed by atoms with E-state index in [0.717, 1.165) is 35.4 Å². The second-order valence-electron chi connectivity index (χ2n) is 9.15. The smallest absolute Gasteiger partial charge is 0.149 e. The monoisotopic (exact) mass is 502 g/mol. The van der Waals surface area contributed by atoms with E-state index in [1.807, 2.05) is 91.0 Å². The van der Waals surface area contributed by atoms with Gasteiger partial charge in [-0.15, -0.1) is 0 Å². The second-order valence-corrected chi connectivity index (χ2v) is 12.2. The largest absolute Gasteiger partial charge is 0.467 e. The van der Waals surface area contributed by atoms with Crippen LogP contribution in [0, 0.1) is 0 Å². The Morgan fingerprint density at radius 1 is 0.833 bits per heavy atom.